The first-order chi connectivity index (χ1) is 11.6. The van der Waals surface area contributed by atoms with Crippen LogP contribution in [-0.4, -0.2) is 6.03 Å². The molecule has 0 saturated heterocycles. The maximum atomic E-state index is 12.8. The van der Waals surface area contributed by atoms with E-state index in [2.05, 4.69) is 10.6 Å². The number of halogens is 4. The number of carbonyl (C=O) groups is 1. The summed E-state index contributed by atoms with van der Waals surface area (Å²) in [5.74, 6) is 0. The molecule has 0 aliphatic heterocycles. The van der Waals surface area contributed by atoms with Crippen molar-refractivity contribution in [3.8, 4) is 0 Å². The second-order valence-electron chi connectivity index (χ2n) is 5.60. The van der Waals surface area contributed by atoms with Gasteiger partial charge in [0.15, 0.2) is 0 Å². The Kier molecular flexibility index (Phi) is 5.47. The van der Waals surface area contributed by atoms with Crippen LogP contribution in [0.5, 0.6) is 0 Å². The van der Waals surface area contributed by atoms with E-state index in [1.165, 1.54) is 0 Å². The Labute approximate surface area is 148 Å². The van der Waals surface area contributed by atoms with E-state index in [-0.39, 0.29) is 22.9 Å². The maximum Gasteiger partial charge on any atom is 0.416 e. The summed E-state index contributed by atoms with van der Waals surface area (Å²) in [5, 5.41) is 4.64. The number of amides is 2. The zero-order valence-corrected chi connectivity index (χ0v) is 14.3. The predicted molar refractivity (Wildman–Crippen MR) is 92.6 cm³/mol. The highest BCUT2D eigenvalue weighted by molar-refractivity contribution is 6.34. The van der Waals surface area contributed by atoms with Gasteiger partial charge in [-0.1, -0.05) is 29.8 Å². The third-order valence-electron chi connectivity index (χ3n) is 3.78. The van der Waals surface area contributed by atoms with Gasteiger partial charge in [0, 0.05) is 6.54 Å². The van der Waals surface area contributed by atoms with Crippen LogP contribution in [0, 0.1) is 13.8 Å². The Hall–Kier alpha value is -2.41. The molecule has 2 rings (SSSR count). The van der Waals surface area contributed by atoms with Crippen LogP contribution in [0.25, 0.3) is 0 Å². The summed E-state index contributed by atoms with van der Waals surface area (Å²) in [7, 11) is 0. The molecular formula is C17H17ClF3N3O. The molecule has 2 amide bonds. The van der Waals surface area contributed by atoms with E-state index in [1.807, 2.05) is 32.0 Å². The molecule has 0 unspecified atom stereocenters. The van der Waals surface area contributed by atoms with Crippen molar-refractivity contribution in [2.24, 2.45) is 0 Å². The summed E-state index contributed by atoms with van der Waals surface area (Å²) in [5.41, 5.74) is 7.29. The van der Waals surface area contributed by atoms with Crippen LogP contribution in [-0.2, 0) is 12.7 Å². The number of carbonyl (C=O) groups excluding carboxylic acids is 1. The van der Waals surface area contributed by atoms with Crippen molar-refractivity contribution >= 4 is 29.0 Å². The number of alkyl halides is 3. The molecule has 2 aromatic carbocycles. The van der Waals surface area contributed by atoms with Gasteiger partial charge in [-0.3, -0.25) is 0 Å². The van der Waals surface area contributed by atoms with Crippen molar-refractivity contribution in [1.82, 2.24) is 5.32 Å². The Bertz CT molecular complexity index is 786. The molecule has 0 aliphatic rings. The van der Waals surface area contributed by atoms with Crippen molar-refractivity contribution in [3.05, 3.63) is 57.6 Å². The van der Waals surface area contributed by atoms with Crippen LogP contribution in [0.1, 0.15) is 22.3 Å². The summed E-state index contributed by atoms with van der Waals surface area (Å²) in [6, 6.07) is 6.51. The Morgan fingerprint density at radius 2 is 1.80 bits per heavy atom. The van der Waals surface area contributed by atoms with Gasteiger partial charge in [0.25, 0.3) is 0 Å². The van der Waals surface area contributed by atoms with E-state index in [0.717, 1.165) is 28.8 Å². The van der Waals surface area contributed by atoms with E-state index in [4.69, 9.17) is 17.3 Å². The summed E-state index contributed by atoms with van der Waals surface area (Å²) in [6.07, 6.45) is -4.59. The van der Waals surface area contributed by atoms with Crippen LogP contribution in [0.3, 0.4) is 0 Å². The molecule has 0 heterocycles. The molecule has 8 heteroatoms. The monoisotopic (exact) mass is 371 g/mol. The fraction of sp³-hybridized carbons (Fsp3) is 0.235. The van der Waals surface area contributed by atoms with E-state index >= 15 is 0 Å². The second kappa shape index (κ2) is 7.23. The first-order valence-corrected chi connectivity index (χ1v) is 7.73. The lowest BCUT2D eigenvalue weighted by atomic mass is 10.0. The smallest absolute Gasteiger partial charge is 0.396 e. The minimum atomic E-state index is -4.59. The van der Waals surface area contributed by atoms with Crippen LogP contribution < -0.4 is 16.4 Å². The number of urea groups is 1. The van der Waals surface area contributed by atoms with Crippen molar-refractivity contribution in [3.63, 3.8) is 0 Å². The fourth-order valence-corrected chi connectivity index (χ4v) is 2.57. The molecule has 0 bridgehead atoms. The molecule has 0 aromatic heterocycles. The lowest BCUT2D eigenvalue weighted by molar-refractivity contribution is -0.137. The molecule has 134 valence electrons. The highest BCUT2D eigenvalue weighted by Gasteiger charge is 2.32. The maximum absolute atomic E-state index is 12.8. The van der Waals surface area contributed by atoms with E-state index in [9.17, 15) is 18.0 Å². The summed E-state index contributed by atoms with van der Waals surface area (Å²) < 4.78 is 38.5. The fourth-order valence-electron chi connectivity index (χ4n) is 2.35. The standard InChI is InChI=1S/C17H17ClF3N3O/c1-9-4-3-5-10(2)12(9)8-23-16(25)24-14-7-11(17(19,20)21)6-13(18)15(14)22/h3-7H,8,22H2,1-2H3,(H2,23,24,25). The van der Waals surface area contributed by atoms with E-state index in [0.29, 0.717) is 0 Å². The van der Waals surface area contributed by atoms with Crippen LogP contribution in [0.15, 0.2) is 30.3 Å². The molecule has 25 heavy (non-hydrogen) atoms. The molecule has 0 fully saturated rings. The van der Waals surface area contributed by atoms with E-state index < -0.39 is 17.8 Å². The largest absolute Gasteiger partial charge is 0.416 e. The van der Waals surface area contributed by atoms with Crippen molar-refractivity contribution in [2.75, 3.05) is 11.1 Å². The molecule has 0 radical (unpaired) electrons. The topological polar surface area (TPSA) is 67.2 Å². The molecule has 0 aliphatic carbocycles. The van der Waals surface area contributed by atoms with Crippen LogP contribution in [0.2, 0.25) is 5.02 Å². The molecule has 0 saturated carbocycles. The highest BCUT2D eigenvalue weighted by atomic mass is 35.5. The normalized spacial score (nSPS) is 11.3. The summed E-state index contributed by atoms with van der Waals surface area (Å²) in [6.45, 7) is 4.05. The van der Waals surface area contributed by atoms with Crippen molar-refractivity contribution < 1.29 is 18.0 Å². The number of nitrogens with one attached hydrogen (secondary N) is 2. The highest BCUT2D eigenvalue weighted by Crippen LogP contribution is 2.37. The minimum absolute atomic E-state index is 0.128. The number of nitrogen functional groups attached to an aromatic ring is 1. The SMILES string of the molecule is Cc1cccc(C)c1CNC(=O)Nc1cc(C(F)(F)F)cc(Cl)c1N. The second-order valence-corrected chi connectivity index (χ2v) is 6.00. The van der Waals surface area contributed by atoms with Gasteiger partial charge >= 0.3 is 12.2 Å². The number of hydrogen-bond acceptors (Lipinski definition) is 2. The van der Waals surface area contributed by atoms with Crippen molar-refractivity contribution in [2.45, 2.75) is 26.6 Å². The van der Waals surface area contributed by atoms with Gasteiger partial charge in [0.05, 0.1) is 22.0 Å². The van der Waals surface area contributed by atoms with Crippen LogP contribution >= 0.6 is 11.6 Å². The molecule has 0 spiro atoms. The summed E-state index contributed by atoms with van der Waals surface area (Å²) in [4.78, 5) is 12.0. The van der Waals surface area contributed by atoms with Crippen LogP contribution in [0.4, 0.5) is 29.3 Å². The number of nitrogens with two attached hydrogens (primary N) is 1. The van der Waals surface area contributed by atoms with Gasteiger partial charge in [-0.25, -0.2) is 4.79 Å². The molecule has 0 atom stereocenters. The number of hydrogen-bond donors (Lipinski definition) is 3. The average Bonchev–Trinajstić information content (AvgIpc) is 2.50. The van der Waals surface area contributed by atoms with E-state index in [1.54, 1.807) is 0 Å². The number of rotatable bonds is 3. The third-order valence-corrected chi connectivity index (χ3v) is 4.09. The number of aryl methyl sites for hydroxylation is 2. The van der Waals surface area contributed by atoms with Gasteiger partial charge in [-0.05, 0) is 42.7 Å². The zero-order chi connectivity index (χ0) is 18.8. The molecule has 2 aromatic rings. The Morgan fingerprint density at radius 3 is 2.36 bits per heavy atom. The Balaban J connectivity index is 2.14. The van der Waals surface area contributed by atoms with Gasteiger partial charge in [-0.2, -0.15) is 13.2 Å². The summed E-state index contributed by atoms with van der Waals surface area (Å²) >= 11 is 5.73. The lowest BCUT2D eigenvalue weighted by Gasteiger charge is -2.15. The first kappa shape index (κ1) is 18.9. The third kappa shape index (κ3) is 4.57. The van der Waals surface area contributed by atoms with Crippen molar-refractivity contribution in [1.29, 1.82) is 0 Å². The molecule has 4 N–H and O–H groups in total. The number of benzene rings is 2. The van der Waals surface area contributed by atoms with Gasteiger partial charge in [-0.15, -0.1) is 0 Å². The number of anilines is 2. The zero-order valence-electron chi connectivity index (χ0n) is 13.6. The van der Waals surface area contributed by atoms with Gasteiger partial charge in [0.2, 0.25) is 0 Å². The molecule has 4 nitrogen and oxygen atoms in total. The lowest BCUT2D eigenvalue weighted by Crippen LogP contribution is -2.29. The molecular weight excluding hydrogens is 355 g/mol. The Morgan fingerprint density at radius 1 is 1.20 bits per heavy atom. The first-order valence-electron chi connectivity index (χ1n) is 7.35. The van der Waals surface area contributed by atoms with Gasteiger partial charge < -0.3 is 16.4 Å². The predicted octanol–water partition coefficient (Wildman–Crippen LogP) is 4.88. The quantitative estimate of drug-likeness (QED) is 0.673. The minimum Gasteiger partial charge on any atom is -0.396 e. The average molecular weight is 372 g/mol. The van der Waals surface area contributed by atoms with Gasteiger partial charge in [0.1, 0.15) is 0 Å².